The molecule has 0 amide bonds. The van der Waals surface area contributed by atoms with Gasteiger partial charge in [-0.3, -0.25) is 4.68 Å². The molecule has 3 aromatic rings. The average molecular weight is 311 g/mol. The highest BCUT2D eigenvalue weighted by molar-refractivity contribution is 5.88. The predicted octanol–water partition coefficient (Wildman–Crippen LogP) is 2.11. The number of aryl methyl sites for hydroxylation is 2. The van der Waals surface area contributed by atoms with Crippen LogP contribution in [0.2, 0.25) is 0 Å². The second-order valence-corrected chi connectivity index (χ2v) is 6.47. The smallest absolute Gasteiger partial charge is 0.159 e. The predicted molar refractivity (Wildman–Crippen MR) is 88.4 cm³/mol. The van der Waals surface area contributed by atoms with E-state index in [1.165, 1.54) is 0 Å². The average Bonchev–Trinajstić information content (AvgIpc) is 3.12. The summed E-state index contributed by atoms with van der Waals surface area (Å²) in [5, 5.41) is 13.6. The first kappa shape index (κ1) is 14.2. The van der Waals surface area contributed by atoms with Crippen molar-refractivity contribution in [1.82, 2.24) is 29.5 Å². The molecule has 0 aliphatic carbocycles. The fourth-order valence-electron chi connectivity index (χ4n) is 3.08. The second-order valence-electron chi connectivity index (χ2n) is 6.47. The zero-order valence-electron chi connectivity index (χ0n) is 13.7. The van der Waals surface area contributed by atoms with Gasteiger partial charge in [-0.05, 0) is 12.5 Å². The van der Waals surface area contributed by atoms with Crippen LogP contribution in [0.1, 0.15) is 37.8 Å². The van der Waals surface area contributed by atoms with Crippen LogP contribution in [-0.2, 0) is 20.0 Å². The highest BCUT2D eigenvalue weighted by Gasteiger charge is 2.23. The third-order valence-corrected chi connectivity index (χ3v) is 4.39. The lowest BCUT2D eigenvalue weighted by molar-refractivity contribution is 0.440. The van der Waals surface area contributed by atoms with Crippen molar-refractivity contribution < 1.29 is 0 Å². The minimum Gasteiger partial charge on any atom is -0.380 e. The number of hydrogen-bond donors (Lipinski definition) is 1. The Balaban J connectivity index is 1.57. The van der Waals surface area contributed by atoms with Gasteiger partial charge in [-0.2, -0.15) is 10.2 Å². The molecule has 7 heteroatoms. The Bertz CT molecular complexity index is 845. The molecule has 7 nitrogen and oxygen atoms in total. The van der Waals surface area contributed by atoms with Gasteiger partial charge >= 0.3 is 0 Å². The number of aromatic nitrogens is 6. The first-order chi connectivity index (χ1) is 11.1. The van der Waals surface area contributed by atoms with Crippen LogP contribution in [0.15, 0.2) is 18.5 Å². The fraction of sp³-hybridized carbons (Fsp3) is 0.500. The molecule has 0 radical (unpaired) electrons. The minimum absolute atomic E-state index is 0.343. The SMILES string of the molecule is CC(C)c1nc2n(n1)C[C@@H](Nc1ccnc3c1cnn3C)CC2. The largest absolute Gasteiger partial charge is 0.380 e. The summed E-state index contributed by atoms with van der Waals surface area (Å²) in [6.45, 7) is 5.11. The Hall–Kier alpha value is -2.44. The van der Waals surface area contributed by atoms with Crippen LogP contribution in [0.5, 0.6) is 0 Å². The summed E-state index contributed by atoms with van der Waals surface area (Å²) in [7, 11) is 1.91. The topological polar surface area (TPSA) is 73.5 Å². The second kappa shape index (κ2) is 5.33. The molecule has 0 saturated heterocycles. The van der Waals surface area contributed by atoms with E-state index in [1.54, 1.807) is 4.68 Å². The van der Waals surface area contributed by atoms with Gasteiger partial charge in [0.1, 0.15) is 5.82 Å². The molecule has 4 rings (SSSR count). The Kier molecular flexibility index (Phi) is 3.28. The summed E-state index contributed by atoms with van der Waals surface area (Å²) < 4.78 is 3.85. The Morgan fingerprint density at radius 2 is 2.22 bits per heavy atom. The molecule has 1 aliphatic heterocycles. The molecule has 0 saturated carbocycles. The molecule has 0 spiro atoms. The van der Waals surface area contributed by atoms with E-state index in [2.05, 4.69) is 44.0 Å². The van der Waals surface area contributed by atoms with E-state index in [9.17, 15) is 0 Å². The Morgan fingerprint density at radius 1 is 1.35 bits per heavy atom. The van der Waals surface area contributed by atoms with Gasteiger partial charge in [-0.25, -0.2) is 14.6 Å². The summed E-state index contributed by atoms with van der Waals surface area (Å²) in [6, 6.07) is 2.36. The monoisotopic (exact) mass is 311 g/mol. The van der Waals surface area contributed by atoms with Gasteiger partial charge in [-0.1, -0.05) is 13.8 Å². The van der Waals surface area contributed by atoms with E-state index in [4.69, 9.17) is 0 Å². The zero-order chi connectivity index (χ0) is 16.0. The first-order valence-electron chi connectivity index (χ1n) is 8.08. The van der Waals surface area contributed by atoms with E-state index in [-0.39, 0.29) is 0 Å². The van der Waals surface area contributed by atoms with Crippen molar-refractivity contribution in [2.24, 2.45) is 7.05 Å². The third-order valence-electron chi connectivity index (χ3n) is 4.39. The lowest BCUT2D eigenvalue weighted by atomic mass is 10.1. The van der Waals surface area contributed by atoms with Gasteiger partial charge in [0, 0.05) is 37.3 Å². The molecule has 0 aromatic carbocycles. The van der Waals surface area contributed by atoms with E-state index < -0.39 is 0 Å². The van der Waals surface area contributed by atoms with Crippen molar-refractivity contribution in [2.45, 2.75) is 45.2 Å². The molecule has 0 fully saturated rings. The van der Waals surface area contributed by atoms with Crippen LogP contribution in [0.3, 0.4) is 0 Å². The molecule has 0 bridgehead atoms. The van der Waals surface area contributed by atoms with Crippen LogP contribution in [-0.4, -0.2) is 35.6 Å². The summed E-state index contributed by atoms with van der Waals surface area (Å²) in [4.78, 5) is 9.03. The Labute approximate surface area is 134 Å². The molecular formula is C16H21N7. The normalized spacial score (nSPS) is 17.7. The maximum Gasteiger partial charge on any atom is 0.159 e. The summed E-state index contributed by atoms with van der Waals surface area (Å²) in [5.74, 6) is 2.42. The van der Waals surface area contributed by atoms with E-state index in [1.807, 2.05) is 25.5 Å². The molecule has 0 unspecified atom stereocenters. The number of rotatable bonds is 3. The number of anilines is 1. The summed E-state index contributed by atoms with van der Waals surface area (Å²) in [6.07, 6.45) is 5.71. The van der Waals surface area contributed by atoms with Crippen molar-refractivity contribution in [3.8, 4) is 0 Å². The quantitative estimate of drug-likeness (QED) is 0.802. The lowest BCUT2D eigenvalue weighted by Crippen LogP contribution is -2.32. The fourth-order valence-corrected chi connectivity index (χ4v) is 3.08. The first-order valence-corrected chi connectivity index (χ1v) is 8.08. The molecule has 23 heavy (non-hydrogen) atoms. The molecule has 4 heterocycles. The minimum atomic E-state index is 0.343. The Morgan fingerprint density at radius 3 is 3.04 bits per heavy atom. The van der Waals surface area contributed by atoms with Gasteiger partial charge in [-0.15, -0.1) is 0 Å². The number of nitrogens with one attached hydrogen (secondary N) is 1. The van der Waals surface area contributed by atoms with E-state index >= 15 is 0 Å². The zero-order valence-corrected chi connectivity index (χ0v) is 13.7. The van der Waals surface area contributed by atoms with Crippen LogP contribution >= 0.6 is 0 Å². The maximum atomic E-state index is 4.65. The van der Waals surface area contributed by atoms with Gasteiger partial charge in [0.15, 0.2) is 11.5 Å². The van der Waals surface area contributed by atoms with E-state index in [0.29, 0.717) is 12.0 Å². The van der Waals surface area contributed by atoms with Crippen LogP contribution in [0, 0.1) is 0 Å². The summed E-state index contributed by atoms with van der Waals surface area (Å²) in [5.41, 5.74) is 1.98. The van der Waals surface area contributed by atoms with Gasteiger partial charge < -0.3 is 5.32 Å². The molecule has 120 valence electrons. The molecule has 1 aliphatic rings. The van der Waals surface area contributed by atoms with Crippen molar-refractivity contribution in [2.75, 3.05) is 5.32 Å². The van der Waals surface area contributed by atoms with Crippen molar-refractivity contribution in [3.63, 3.8) is 0 Å². The number of nitrogens with zero attached hydrogens (tertiary/aromatic N) is 6. The summed E-state index contributed by atoms with van der Waals surface area (Å²) >= 11 is 0. The highest BCUT2D eigenvalue weighted by Crippen LogP contribution is 2.24. The van der Waals surface area contributed by atoms with Gasteiger partial charge in [0.05, 0.1) is 18.1 Å². The third kappa shape index (κ3) is 2.46. The van der Waals surface area contributed by atoms with E-state index in [0.717, 1.165) is 47.8 Å². The van der Waals surface area contributed by atoms with Crippen LogP contribution < -0.4 is 5.32 Å². The lowest BCUT2D eigenvalue weighted by Gasteiger charge is -2.24. The van der Waals surface area contributed by atoms with Crippen molar-refractivity contribution >= 4 is 16.7 Å². The van der Waals surface area contributed by atoms with Gasteiger partial charge in [0.25, 0.3) is 0 Å². The molecule has 3 aromatic heterocycles. The molecule has 1 N–H and O–H groups in total. The van der Waals surface area contributed by atoms with Crippen molar-refractivity contribution in [3.05, 3.63) is 30.1 Å². The number of hydrogen-bond acceptors (Lipinski definition) is 5. The maximum absolute atomic E-state index is 4.65. The number of fused-ring (bicyclic) bond motifs is 2. The highest BCUT2D eigenvalue weighted by atomic mass is 15.4. The van der Waals surface area contributed by atoms with Crippen LogP contribution in [0.4, 0.5) is 5.69 Å². The van der Waals surface area contributed by atoms with Crippen LogP contribution in [0.25, 0.3) is 11.0 Å². The van der Waals surface area contributed by atoms with Crippen molar-refractivity contribution in [1.29, 1.82) is 0 Å². The standard InChI is InChI=1S/C16H21N7/c1-10(2)15-20-14-5-4-11(9-23(14)21-15)19-13-6-7-17-16-12(13)8-18-22(16)3/h6-8,10-11H,4-5,9H2,1-3H3,(H,17,19)/t11-/m0/s1. The molecule has 1 atom stereocenters. The molecular weight excluding hydrogens is 290 g/mol. The number of pyridine rings is 1. The van der Waals surface area contributed by atoms with Gasteiger partial charge in [0.2, 0.25) is 0 Å².